The molecule has 0 fully saturated rings. The zero-order chi connectivity index (χ0) is 78.9. The van der Waals surface area contributed by atoms with E-state index in [0.717, 1.165) is 154 Å². The van der Waals surface area contributed by atoms with Crippen LogP contribution in [-0.4, -0.2) is 96.7 Å². The van der Waals surface area contributed by atoms with E-state index in [9.17, 15) is 43.2 Å². The number of ether oxygens (including phenoxy) is 4. The number of allylic oxidation sites excluding steroid dienone is 24. The number of esters is 4. The minimum atomic E-state index is -5.01. The highest BCUT2D eigenvalue weighted by molar-refractivity contribution is 7.47. The van der Waals surface area contributed by atoms with Crippen LogP contribution in [0.3, 0.4) is 0 Å². The first-order chi connectivity index (χ1) is 52.7. The van der Waals surface area contributed by atoms with Gasteiger partial charge in [-0.15, -0.1) is 0 Å². The molecule has 0 rings (SSSR count). The molecule has 2 unspecified atom stereocenters. The van der Waals surface area contributed by atoms with Crippen molar-refractivity contribution >= 4 is 39.5 Å². The Morgan fingerprint density at radius 1 is 0.269 bits per heavy atom. The van der Waals surface area contributed by atoms with Crippen molar-refractivity contribution in [3.8, 4) is 0 Å². The van der Waals surface area contributed by atoms with Gasteiger partial charge in [0.15, 0.2) is 12.2 Å². The smallest absolute Gasteiger partial charge is 0.462 e. The second-order valence-corrected chi connectivity index (χ2v) is 30.6. The van der Waals surface area contributed by atoms with E-state index in [2.05, 4.69) is 155 Å². The van der Waals surface area contributed by atoms with E-state index in [-0.39, 0.29) is 25.7 Å². The molecular formula is C89H150O17P2. The minimum Gasteiger partial charge on any atom is -0.462 e. The van der Waals surface area contributed by atoms with Crippen LogP contribution in [-0.2, 0) is 65.4 Å². The van der Waals surface area contributed by atoms with E-state index >= 15 is 0 Å². The summed E-state index contributed by atoms with van der Waals surface area (Å²) in [4.78, 5) is 73.1. The molecule has 0 saturated carbocycles. The van der Waals surface area contributed by atoms with Gasteiger partial charge in [0, 0.05) is 25.7 Å². The predicted octanol–water partition coefficient (Wildman–Crippen LogP) is 25.0. The molecule has 0 saturated heterocycles. The van der Waals surface area contributed by atoms with Gasteiger partial charge in [-0.05, 0) is 161 Å². The summed E-state index contributed by atoms with van der Waals surface area (Å²) in [5.74, 6) is -2.32. The number of aliphatic hydroxyl groups excluding tert-OH is 1. The molecule has 3 N–H and O–H groups in total. The number of carbonyl (C=O) groups excluding carboxylic acids is 4. The van der Waals surface area contributed by atoms with Gasteiger partial charge in [0.05, 0.1) is 26.4 Å². The van der Waals surface area contributed by atoms with Gasteiger partial charge >= 0.3 is 39.5 Å². The Morgan fingerprint density at radius 2 is 0.500 bits per heavy atom. The lowest BCUT2D eigenvalue weighted by atomic mass is 10.1. The van der Waals surface area contributed by atoms with Crippen molar-refractivity contribution < 1.29 is 80.2 Å². The van der Waals surface area contributed by atoms with Gasteiger partial charge in [-0.3, -0.25) is 37.3 Å². The predicted molar refractivity (Wildman–Crippen MR) is 445 cm³/mol. The maximum absolute atomic E-state index is 13.1. The lowest BCUT2D eigenvalue weighted by Crippen LogP contribution is -2.30. The summed E-state index contributed by atoms with van der Waals surface area (Å²) in [5, 5.41) is 10.7. The monoisotopic (exact) mass is 1550 g/mol. The first-order valence-electron chi connectivity index (χ1n) is 42.1. The van der Waals surface area contributed by atoms with Gasteiger partial charge < -0.3 is 33.8 Å². The number of carbonyl (C=O) groups is 4. The molecule has 0 aromatic heterocycles. The third-order valence-electron chi connectivity index (χ3n) is 17.3. The first-order valence-corrected chi connectivity index (χ1v) is 45.1. The number of unbranched alkanes of at least 4 members (excludes halogenated alkanes) is 28. The standard InChI is InChI=1S/C89H150O17P2/c1-5-9-13-17-21-25-29-33-37-39-41-43-47-50-54-58-62-66-70-74-87(92)100-80-85(106-89(94)76-72-68-64-60-56-52-48-44-42-40-38-34-30-26-22-18-14-10-6-2)82-104-108(97,98)102-78-83(90)77-101-107(95,96)103-81-84(105-88(93)75-71-67-63-59-55-51-46-36-32-28-24-20-16-12-8-4)79-99-86(91)73-69-65-61-57-53-49-45-35-31-27-23-19-15-11-7-3/h9,13,21-22,25-26,33-38,41-46,50,52,54,56,64,68,83-85,90H,5-8,10-12,14-20,23-24,27-32,39-40,47-49,51,53,55,57-63,65-67,69-82H2,1-4H3,(H,95,96)(H,97,98)/b13-9-,25-21-,26-22-,37-33-,38-34-,43-41-,44-42-,45-35-,46-36-,54-50-,56-52-,68-64-/t83-,84+,85+/m0/s1. The fourth-order valence-electron chi connectivity index (χ4n) is 10.9. The quantitative estimate of drug-likeness (QED) is 0.0169. The minimum absolute atomic E-state index is 0.0406. The lowest BCUT2D eigenvalue weighted by Gasteiger charge is -2.21. The summed E-state index contributed by atoms with van der Waals surface area (Å²) in [6.07, 6.45) is 92.6. The molecule has 0 amide bonds. The molecule has 0 bridgehead atoms. The van der Waals surface area contributed by atoms with Crippen molar-refractivity contribution in [2.45, 2.75) is 354 Å². The molecule has 17 nitrogen and oxygen atoms in total. The van der Waals surface area contributed by atoms with E-state index in [1.54, 1.807) is 0 Å². The van der Waals surface area contributed by atoms with Crippen molar-refractivity contribution in [1.29, 1.82) is 0 Å². The van der Waals surface area contributed by atoms with Crippen molar-refractivity contribution in [1.82, 2.24) is 0 Å². The van der Waals surface area contributed by atoms with Crippen LogP contribution >= 0.6 is 15.6 Å². The van der Waals surface area contributed by atoms with Gasteiger partial charge in [0.2, 0.25) is 0 Å². The van der Waals surface area contributed by atoms with Crippen LogP contribution in [0.5, 0.6) is 0 Å². The van der Waals surface area contributed by atoms with Crippen LogP contribution < -0.4 is 0 Å². The van der Waals surface area contributed by atoms with Gasteiger partial charge in [0.1, 0.15) is 19.3 Å². The summed E-state index contributed by atoms with van der Waals surface area (Å²) < 4.78 is 68.6. The third kappa shape index (κ3) is 79.0. The normalized spacial score (nSPS) is 14.5. The van der Waals surface area contributed by atoms with Crippen LogP contribution in [0.15, 0.2) is 146 Å². The van der Waals surface area contributed by atoms with Gasteiger partial charge in [-0.2, -0.15) is 0 Å². The van der Waals surface area contributed by atoms with Crippen molar-refractivity contribution in [2.24, 2.45) is 0 Å². The molecule has 0 heterocycles. The van der Waals surface area contributed by atoms with Crippen LogP contribution in [0.2, 0.25) is 0 Å². The summed E-state index contributed by atoms with van der Waals surface area (Å²) >= 11 is 0. The van der Waals surface area contributed by atoms with Crippen molar-refractivity contribution in [3.05, 3.63) is 146 Å². The largest absolute Gasteiger partial charge is 0.472 e. The Bertz CT molecular complexity index is 2610. The maximum Gasteiger partial charge on any atom is 0.472 e. The lowest BCUT2D eigenvalue weighted by molar-refractivity contribution is -0.161. The molecule has 19 heteroatoms. The second kappa shape index (κ2) is 80.0. The Hall–Kier alpha value is -5.06. The van der Waals surface area contributed by atoms with Crippen LogP contribution in [0.4, 0.5) is 0 Å². The Balaban J connectivity index is 5.49. The number of rotatable bonds is 78. The van der Waals surface area contributed by atoms with Crippen molar-refractivity contribution in [3.63, 3.8) is 0 Å². The van der Waals surface area contributed by atoms with E-state index < -0.39 is 97.5 Å². The first kappa shape index (κ1) is 103. The third-order valence-corrected chi connectivity index (χ3v) is 19.2. The molecule has 108 heavy (non-hydrogen) atoms. The molecule has 0 aromatic carbocycles. The molecule has 0 aromatic rings. The van der Waals surface area contributed by atoms with Crippen LogP contribution in [0, 0.1) is 0 Å². The van der Waals surface area contributed by atoms with Gasteiger partial charge in [-0.25, -0.2) is 9.13 Å². The number of aliphatic hydroxyl groups is 1. The Kier molecular flexibility index (Phi) is 76.3. The van der Waals surface area contributed by atoms with Gasteiger partial charge in [-0.1, -0.05) is 296 Å². The summed E-state index contributed by atoms with van der Waals surface area (Å²) in [5.41, 5.74) is 0. The fraction of sp³-hybridized carbons (Fsp3) is 0.685. The fourth-order valence-corrected chi connectivity index (χ4v) is 12.4. The van der Waals surface area contributed by atoms with E-state index in [1.165, 1.54) is 96.3 Å². The maximum atomic E-state index is 13.1. The topological polar surface area (TPSA) is 237 Å². The second-order valence-electron chi connectivity index (χ2n) is 27.7. The SMILES string of the molecule is CC/C=C\C/C=C\C/C=C\C/C=C\C/C=C\CCCCCC(=O)OC[C@H](COP(=O)(O)OC[C@@H](O)COP(=O)(O)OC[C@@H](COC(=O)CCCCCCC/C=C\CCCCCCCC)OC(=O)CCCCCCC/C=C\CCCCCCCC)OC(=O)CC/C=C\C/C=C\C/C=C\C/C=C\C/C=C\CCCCC. The van der Waals surface area contributed by atoms with Crippen molar-refractivity contribution in [2.75, 3.05) is 39.6 Å². The van der Waals surface area contributed by atoms with E-state index in [4.69, 9.17) is 37.0 Å². The summed E-state index contributed by atoms with van der Waals surface area (Å²) in [7, 11) is -10.0. The van der Waals surface area contributed by atoms with Gasteiger partial charge in [0.25, 0.3) is 0 Å². The molecule has 618 valence electrons. The highest BCUT2D eigenvalue weighted by Gasteiger charge is 2.30. The molecule has 5 atom stereocenters. The molecule has 0 aliphatic carbocycles. The average molecular weight is 1550 g/mol. The number of hydrogen-bond donors (Lipinski definition) is 3. The average Bonchev–Trinajstić information content (AvgIpc) is 0.896. The van der Waals surface area contributed by atoms with Crippen LogP contribution in [0.1, 0.15) is 336 Å². The summed E-state index contributed by atoms with van der Waals surface area (Å²) in [6.45, 7) is 4.61. The Morgan fingerprint density at radius 3 is 0.833 bits per heavy atom. The Labute approximate surface area is 656 Å². The number of phosphoric ester groups is 2. The van der Waals surface area contributed by atoms with Crippen LogP contribution in [0.25, 0.3) is 0 Å². The number of hydrogen-bond acceptors (Lipinski definition) is 15. The van der Waals surface area contributed by atoms with E-state index in [1.807, 2.05) is 18.2 Å². The molecule has 0 spiro atoms. The highest BCUT2D eigenvalue weighted by Crippen LogP contribution is 2.45. The molecular weight excluding hydrogens is 1400 g/mol. The highest BCUT2D eigenvalue weighted by atomic mass is 31.2. The zero-order valence-corrected chi connectivity index (χ0v) is 69.5. The van der Waals surface area contributed by atoms with E-state index in [0.29, 0.717) is 32.1 Å². The summed E-state index contributed by atoms with van der Waals surface area (Å²) in [6, 6.07) is 0. The molecule has 0 radical (unpaired) electrons. The zero-order valence-electron chi connectivity index (χ0n) is 67.7. The molecule has 0 aliphatic heterocycles. The number of phosphoric acid groups is 2. The molecule has 0 aliphatic rings.